The van der Waals surface area contributed by atoms with Gasteiger partial charge in [0, 0.05) is 26.2 Å². The van der Waals surface area contributed by atoms with E-state index in [0.29, 0.717) is 5.56 Å². The van der Waals surface area contributed by atoms with Gasteiger partial charge in [-0.05, 0) is 29.8 Å². The Hall–Kier alpha value is -2.91. The number of phenolic OH excluding ortho intramolecular Hbond substituents is 1. The number of esters is 1. The predicted octanol–water partition coefficient (Wildman–Crippen LogP) is 1.01. The van der Waals surface area contributed by atoms with Gasteiger partial charge in [0.2, 0.25) is 10.0 Å². The van der Waals surface area contributed by atoms with Crippen LogP contribution in [0.1, 0.15) is 5.56 Å². The number of benzene rings is 2. The highest BCUT2D eigenvalue weighted by atomic mass is 32.2. The predicted molar refractivity (Wildman–Crippen MR) is 105 cm³/mol. The summed E-state index contributed by atoms with van der Waals surface area (Å²) in [6, 6.07) is 14.3. The van der Waals surface area contributed by atoms with Gasteiger partial charge in [-0.15, -0.1) is 0 Å². The zero-order valence-corrected chi connectivity index (χ0v) is 16.5. The Kier molecular flexibility index (Phi) is 6.50. The van der Waals surface area contributed by atoms with Crippen LogP contribution in [0.5, 0.6) is 5.75 Å². The van der Waals surface area contributed by atoms with Gasteiger partial charge in [-0.2, -0.15) is 4.31 Å². The van der Waals surface area contributed by atoms with Crippen LogP contribution >= 0.6 is 0 Å². The van der Waals surface area contributed by atoms with E-state index in [1.807, 2.05) is 0 Å². The molecule has 9 heteroatoms. The van der Waals surface area contributed by atoms with E-state index >= 15 is 0 Å². The summed E-state index contributed by atoms with van der Waals surface area (Å²) in [5.41, 5.74) is 0.667. The summed E-state index contributed by atoms with van der Waals surface area (Å²) in [5.74, 6) is -0.805. The lowest BCUT2D eigenvalue weighted by molar-refractivity contribution is -0.152. The summed E-state index contributed by atoms with van der Waals surface area (Å²) in [6.07, 6.45) is -0.00332. The molecule has 0 aliphatic carbocycles. The Labute approximate surface area is 169 Å². The van der Waals surface area contributed by atoms with Crippen molar-refractivity contribution in [2.24, 2.45) is 0 Å². The number of nitrogens with zero attached hydrogens (tertiary/aromatic N) is 2. The third-order valence-corrected chi connectivity index (χ3v) is 6.53. The summed E-state index contributed by atoms with van der Waals surface area (Å²) >= 11 is 0. The number of ether oxygens (including phenoxy) is 1. The lowest BCUT2D eigenvalue weighted by atomic mass is 10.1. The first-order valence-electron chi connectivity index (χ1n) is 9.13. The highest BCUT2D eigenvalue weighted by Crippen LogP contribution is 2.17. The molecule has 1 aliphatic heterocycles. The standard InChI is InChI=1S/C20H22N2O6S/c23-17-8-6-16(7-9-17)14-20(25)28-15-19(24)21-10-12-22(13-11-21)29(26,27)18-4-2-1-3-5-18/h1-9,23H,10-15H2. The molecule has 1 aliphatic rings. The van der Waals surface area contributed by atoms with Gasteiger partial charge < -0.3 is 14.7 Å². The number of sulfonamides is 1. The van der Waals surface area contributed by atoms with Gasteiger partial charge in [0.05, 0.1) is 11.3 Å². The van der Waals surface area contributed by atoms with Crippen LogP contribution in [-0.2, 0) is 30.8 Å². The van der Waals surface area contributed by atoms with Gasteiger partial charge in [0.1, 0.15) is 5.75 Å². The lowest BCUT2D eigenvalue weighted by Crippen LogP contribution is -2.51. The monoisotopic (exact) mass is 418 g/mol. The molecule has 0 spiro atoms. The smallest absolute Gasteiger partial charge is 0.310 e. The van der Waals surface area contributed by atoms with Gasteiger partial charge in [-0.3, -0.25) is 9.59 Å². The van der Waals surface area contributed by atoms with E-state index in [1.165, 1.54) is 21.3 Å². The number of phenols is 1. The van der Waals surface area contributed by atoms with Gasteiger partial charge >= 0.3 is 5.97 Å². The molecule has 8 nitrogen and oxygen atoms in total. The third kappa shape index (κ3) is 5.33. The minimum Gasteiger partial charge on any atom is -0.508 e. The lowest BCUT2D eigenvalue weighted by Gasteiger charge is -2.33. The average molecular weight is 418 g/mol. The highest BCUT2D eigenvalue weighted by molar-refractivity contribution is 7.89. The van der Waals surface area contributed by atoms with E-state index in [0.717, 1.165) is 0 Å². The molecule has 2 aromatic carbocycles. The number of carbonyl (C=O) groups is 2. The summed E-state index contributed by atoms with van der Waals surface area (Å²) in [5, 5.41) is 9.24. The maximum atomic E-state index is 12.6. The molecule has 0 saturated carbocycles. The van der Waals surface area contributed by atoms with Crippen LogP contribution in [0.4, 0.5) is 0 Å². The number of piperazine rings is 1. The van der Waals surface area contributed by atoms with Gasteiger partial charge in [-0.1, -0.05) is 30.3 Å². The van der Waals surface area contributed by atoms with Crippen LogP contribution in [-0.4, -0.2) is 67.4 Å². The molecule has 154 valence electrons. The molecule has 1 amide bonds. The molecule has 0 atom stereocenters. The first kappa shape index (κ1) is 20.8. The van der Waals surface area contributed by atoms with E-state index in [4.69, 9.17) is 4.74 Å². The van der Waals surface area contributed by atoms with Crippen molar-refractivity contribution in [2.45, 2.75) is 11.3 Å². The topological polar surface area (TPSA) is 104 Å². The van der Waals surface area contributed by atoms with Gasteiger partial charge in [0.15, 0.2) is 6.61 Å². The Morgan fingerprint density at radius 2 is 1.55 bits per heavy atom. The summed E-state index contributed by atoms with van der Waals surface area (Å²) in [4.78, 5) is 25.9. The Balaban J connectivity index is 1.46. The number of aromatic hydroxyl groups is 1. The number of hydrogen-bond acceptors (Lipinski definition) is 6. The van der Waals surface area contributed by atoms with Crippen molar-refractivity contribution in [2.75, 3.05) is 32.8 Å². The summed E-state index contributed by atoms with van der Waals surface area (Å²) in [7, 11) is -3.58. The fourth-order valence-electron chi connectivity index (χ4n) is 2.98. The molecule has 2 aromatic rings. The van der Waals surface area contributed by atoms with Crippen molar-refractivity contribution in [3.05, 3.63) is 60.2 Å². The molecule has 1 saturated heterocycles. The van der Waals surface area contributed by atoms with Crippen LogP contribution in [0.15, 0.2) is 59.5 Å². The van der Waals surface area contributed by atoms with Crippen LogP contribution in [0.2, 0.25) is 0 Å². The molecular weight excluding hydrogens is 396 g/mol. The van der Waals surface area contributed by atoms with E-state index in [9.17, 15) is 23.1 Å². The molecular formula is C20H22N2O6S. The van der Waals surface area contributed by atoms with Crippen molar-refractivity contribution in [3.8, 4) is 5.75 Å². The van der Waals surface area contributed by atoms with E-state index in [1.54, 1.807) is 42.5 Å². The third-order valence-electron chi connectivity index (χ3n) is 4.61. The van der Waals surface area contributed by atoms with Crippen LogP contribution < -0.4 is 0 Å². The summed E-state index contributed by atoms with van der Waals surface area (Å²) < 4.78 is 31.6. The Bertz CT molecular complexity index is 952. The van der Waals surface area contributed by atoms with Gasteiger partial charge in [-0.25, -0.2) is 8.42 Å². The molecule has 3 rings (SSSR count). The molecule has 29 heavy (non-hydrogen) atoms. The SMILES string of the molecule is O=C(Cc1ccc(O)cc1)OCC(=O)N1CCN(S(=O)(=O)c2ccccc2)CC1. The van der Waals surface area contributed by atoms with Crippen LogP contribution in [0, 0.1) is 0 Å². The van der Waals surface area contributed by atoms with Crippen LogP contribution in [0.3, 0.4) is 0 Å². The van der Waals surface area contributed by atoms with Crippen molar-refractivity contribution in [1.29, 1.82) is 0 Å². The number of carbonyl (C=O) groups excluding carboxylic acids is 2. The number of rotatable bonds is 6. The maximum absolute atomic E-state index is 12.6. The number of hydrogen-bond donors (Lipinski definition) is 1. The Morgan fingerprint density at radius 3 is 2.17 bits per heavy atom. The second-order valence-corrected chi connectivity index (χ2v) is 8.54. The fourth-order valence-corrected chi connectivity index (χ4v) is 4.43. The van der Waals surface area contributed by atoms with Gasteiger partial charge in [0.25, 0.3) is 5.91 Å². The first-order valence-corrected chi connectivity index (χ1v) is 10.6. The molecule has 1 fully saturated rings. The van der Waals surface area contributed by atoms with Crippen molar-refractivity contribution in [1.82, 2.24) is 9.21 Å². The van der Waals surface area contributed by atoms with Crippen molar-refractivity contribution in [3.63, 3.8) is 0 Å². The molecule has 0 bridgehead atoms. The zero-order valence-electron chi connectivity index (χ0n) is 15.7. The van der Waals surface area contributed by atoms with Crippen molar-refractivity contribution < 1.29 is 27.9 Å². The quantitative estimate of drug-likeness (QED) is 0.702. The fraction of sp³-hybridized carbons (Fsp3) is 0.300. The highest BCUT2D eigenvalue weighted by Gasteiger charge is 2.30. The van der Waals surface area contributed by atoms with Crippen molar-refractivity contribution >= 4 is 21.9 Å². The molecule has 0 radical (unpaired) electrons. The number of amides is 1. The molecule has 1 N–H and O–H groups in total. The molecule has 0 unspecified atom stereocenters. The minimum absolute atomic E-state index is 0.00332. The molecule has 1 heterocycles. The summed E-state index contributed by atoms with van der Waals surface area (Å²) in [6.45, 7) is 0.456. The maximum Gasteiger partial charge on any atom is 0.310 e. The second-order valence-electron chi connectivity index (χ2n) is 6.60. The first-order chi connectivity index (χ1) is 13.9. The zero-order chi connectivity index (χ0) is 20.9. The normalized spacial score (nSPS) is 15.1. The van der Waals surface area contributed by atoms with Crippen LogP contribution in [0.25, 0.3) is 0 Å². The van der Waals surface area contributed by atoms with E-state index in [-0.39, 0.29) is 55.8 Å². The minimum atomic E-state index is -3.58. The Morgan fingerprint density at radius 1 is 0.931 bits per heavy atom. The van der Waals surface area contributed by atoms with E-state index in [2.05, 4.69) is 0 Å². The molecule has 0 aromatic heterocycles. The van der Waals surface area contributed by atoms with E-state index < -0.39 is 16.0 Å². The average Bonchev–Trinajstić information content (AvgIpc) is 2.74. The second kappa shape index (κ2) is 9.06. The largest absolute Gasteiger partial charge is 0.508 e.